The van der Waals surface area contributed by atoms with Crippen molar-refractivity contribution >= 4 is 116 Å². The lowest BCUT2D eigenvalue weighted by atomic mass is 9.90. The Morgan fingerprint density at radius 1 is 0.686 bits per heavy atom. The number of halogens is 11. The molecule has 0 spiro atoms. The normalized spacial score (nSPS) is 18.6. The Balaban J connectivity index is 0.000000224. The highest BCUT2D eigenvalue weighted by molar-refractivity contribution is 7.16. The highest BCUT2D eigenvalue weighted by Crippen LogP contribution is 2.45. The minimum absolute atomic E-state index is 0. The number of Topliss-reactive ketones (excluding diaryl/α,β-unsaturated/α-hetero) is 1. The van der Waals surface area contributed by atoms with Crippen LogP contribution in [0.5, 0.6) is 0 Å². The lowest BCUT2D eigenvalue weighted by Crippen LogP contribution is -2.33. The van der Waals surface area contributed by atoms with E-state index < -0.39 is 66.6 Å². The van der Waals surface area contributed by atoms with Crippen LogP contribution < -0.4 is 16.4 Å². The number of alkyl halides is 4. The van der Waals surface area contributed by atoms with Crippen LogP contribution in [-0.4, -0.2) is 72.6 Å². The highest BCUT2D eigenvalue weighted by Gasteiger charge is 2.42. The number of carbonyl (C=O) groups is 4. The van der Waals surface area contributed by atoms with Gasteiger partial charge < -0.3 is 31.1 Å². The number of rotatable bonds is 14. The van der Waals surface area contributed by atoms with Crippen LogP contribution in [0.1, 0.15) is 115 Å². The molecule has 5 N–H and O–H groups in total. The Morgan fingerprint density at radius 2 is 1.07 bits per heavy atom. The second kappa shape index (κ2) is 24.0. The number of nitrogens with one attached hydrogen (secondary N) is 2. The molecule has 2 aromatic heterocycles. The van der Waals surface area contributed by atoms with Gasteiger partial charge in [-0.05, 0) is 98.9 Å². The van der Waals surface area contributed by atoms with Crippen molar-refractivity contribution in [1.29, 1.82) is 0 Å². The van der Waals surface area contributed by atoms with Crippen LogP contribution in [0.3, 0.4) is 0 Å². The van der Waals surface area contributed by atoms with Gasteiger partial charge in [-0.1, -0.05) is 56.7 Å². The molecule has 2 aliphatic carbocycles. The first-order valence-corrected chi connectivity index (χ1v) is 24.4. The van der Waals surface area contributed by atoms with Gasteiger partial charge in [-0.2, -0.15) is 0 Å². The first-order valence-electron chi connectivity index (χ1n) is 21.2. The van der Waals surface area contributed by atoms with Gasteiger partial charge in [0.15, 0.2) is 28.6 Å². The Morgan fingerprint density at radius 3 is 1.47 bits per heavy atom. The summed E-state index contributed by atoms with van der Waals surface area (Å²) in [5.41, 5.74) is 9.65. The van der Waals surface area contributed by atoms with E-state index in [1.165, 1.54) is 46.9 Å². The number of hydrogen-bond acceptors (Lipinski definition) is 11. The van der Waals surface area contributed by atoms with E-state index in [0.29, 0.717) is 45.1 Å². The molecule has 0 radical (unpaired) electrons. The van der Waals surface area contributed by atoms with E-state index in [1.807, 2.05) is 12.2 Å². The number of nitrogens with two attached hydrogens (primary N) is 1. The largest absolute Gasteiger partial charge is 0.477 e. The Hall–Kier alpha value is -4.15. The average molecular weight is 1120 g/mol. The molecule has 2 atom stereocenters. The summed E-state index contributed by atoms with van der Waals surface area (Å²) in [6.45, 7) is 2.05. The van der Waals surface area contributed by atoms with Crippen molar-refractivity contribution in [1.82, 2.24) is 10.6 Å². The molecule has 2 aliphatic heterocycles. The minimum Gasteiger partial charge on any atom is -0.477 e. The third-order valence-electron chi connectivity index (χ3n) is 11.5. The van der Waals surface area contributed by atoms with Gasteiger partial charge in [-0.3, -0.25) is 14.4 Å². The number of thiophene rings is 2. The molecule has 8 rings (SSSR count). The second-order valence-corrected chi connectivity index (χ2v) is 20.2. The number of amides is 2. The van der Waals surface area contributed by atoms with E-state index in [9.17, 15) is 50.6 Å². The number of carboxylic acids is 1. The van der Waals surface area contributed by atoms with Crippen LogP contribution in [0, 0.1) is 11.6 Å². The zero-order valence-corrected chi connectivity index (χ0v) is 42.5. The zero-order valence-electron chi connectivity index (χ0n) is 37.0. The fraction of sp³-hybridized carbons (Fsp3) is 0.422. The van der Waals surface area contributed by atoms with Crippen molar-refractivity contribution in [3.05, 3.63) is 109 Å². The molecule has 0 saturated carbocycles. The molecule has 70 heavy (non-hydrogen) atoms. The van der Waals surface area contributed by atoms with E-state index in [0.717, 1.165) is 70.5 Å². The SMILES string of the molecule is CC1(c2cc(Cl)c(F)c(Cl)c2)CC(c2sc(C(=O)CCC(=O)NCC(F)F)c3c2CCC3)=NO1.CC1(c2cc(Cl)c(F)c(Cl)c2)CC(c2sc(C(=O)O)c3c2CCC3)=NO1.Cl.NCC(=O)NCC(F)F. The number of hydrogen-bond donors (Lipinski definition) is 4. The third-order valence-corrected chi connectivity index (χ3v) is 15.3. The molecule has 4 heterocycles. The molecule has 12 nitrogen and oxygen atoms in total. The summed E-state index contributed by atoms with van der Waals surface area (Å²) in [6.07, 6.45) is 0.475. The topological polar surface area (TPSA) is 182 Å². The fourth-order valence-electron chi connectivity index (χ4n) is 8.04. The van der Waals surface area contributed by atoms with Crippen LogP contribution in [0.4, 0.5) is 26.3 Å². The molecule has 2 unspecified atom stereocenters. The molecule has 380 valence electrons. The van der Waals surface area contributed by atoms with Crippen LogP contribution in [-0.2, 0) is 56.1 Å². The molecule has 4 aromatic rings. The predicted octanol–water partition coefficient (Wildman–Crippen LogP) is 11.2. The van der Waals surface area contributed by atoms with Crippen molar-refractivity contribution in [3.8, 4) is 0 Å². The number of aromatic carboxylic acids is 1. The minimum atomic E-state index is -2.63. The number of ketones is 1. The Labute approximate surface area is 431 Å². The molecule has 25 heteroatoms. The molecular formula is C45H44Cl5F6N5O7S2. The number of benzene rings is 2. The number of oxime groups is 2. The molecule has 0 fully saturated rings. The van der Waals surface area contributed by atoms with Gasteiger partial charge in [0.05, 0.1) is 54.4 Å². The first-order chi connectivity index (χ1) is 32.5. The summed E-state index contributed by atoms with van der Waals surface area (Å²) in [5, 5.41) is 21.6. The maximum absolute atomic E-state index is 13.9. The summed E-state index contributed by atoms with van der Waals surface area (Å²) >= 11 is 26.3. The summed E-state index contributed by atoms with van der Waals surface area (Å²) < 4.78 is 74.6. The maximum atomic E-state index is 13.9. The number of fused-ring (bicyclic) bond motifs is 2. The standard InChI is InChI=1S/C23H21Cl2F3N2O3S.C18H14Cl2FNO3S.C4H8F2N2O.ClH/c1-23(11-7-14(24)20(28)15(25)8-11)9-16(30-33-23)21-12-3-2-4-13(12)22(34-21)17(31)5-6-19(32)29-10-18(26)27;1-18(8-5-11(19)14(21)12(20)6-8)7-13(22-25-18)15-9-3-2-4-10(9)16(26-15)17(23)24;5-3(6)2-8-4(9)1-7;/h7-8,18H,2-6,9-10H2,1H3,(H,29,32);5-6H,2-4,7H2,1H3,(H,23,24);3H,1-2,7H2,(H,8,9);1H. The lowest BCUT2D eigenvalue weighted by molar-refractivity contribution is -0.122. The van der Waals surface area contributed by atoms with Crippen LogP contribution in [0.25, 0.3) is 0 Å². The van der Waals surface area contributed by atoms with E-state index in [4.69, 9.17) is 61.8 Å². The Bertz CT molecular complexity index is 2680. The van der Waals surface area contributed by atoms with E-state index in [2.05, 4.69) is 15.6 Å². The molecule has 0 bridgehead atoms. The van der Waals surface area contributed by atoms with Crippen molar-refractivity contribution in [3.63, 3.8) is 0 Å². The summed E-state index contributed by atoms with van der Waals surface area (Å²) in [7, 11) is 0. The predicted molar refractivity (Wildman–Crippen MR) is 260 cm³/mol. The highest BCUT2D eigenvalue weighted by atomic mass is 35.5. The lowest BCUT2D eigenvalue weighted by Gasteiger charge is -2.22. The van der Waals surface area contributed by atoms with Gasteiger partial charge in [0.1, 0.15) is 16.3 Å². The molecule has 4 aliphatic rings. The monoisotopic (exact) mass is 1120 g/mol. The fourth-order valence-corrected chi connectivity index (χ4v) is 11.6. The quantitative estimate of drug-likeness (QED) is 0.0547. The van der Waals surface area contributed by atoms with E-state index >= 15 is 0 Å². The second-order valence-electron chi connectivity index (χ2n) is 16.5. The number of carboxylic acid groups (broad SMARTS) is 1. The van der Waals surface area contributed by atoms with Gasteiger partial charge in [0.2, 0.25) is 11.8 Å². The van der Waals surface area contributed by atoms with Crippen LogP contribution in [0.2, 0.25) is 20.1 Å². The molecular weight excluding hydrogens is 1080 g/mol. The smallest absolute Gasteiger partial charge is 0.346 e. The van der Waals surface area contributed by atoms with Gasteiger partial charge >= 0.3 is 5.97 Å². The van der Waals surface area contributed by atoms with Gasteiger partial charge in [-0.25, -0.2) is 31.1 Å². The first kappa shape index (κ1) is 56.8. The van der Waals surface area contributed by atoms with Gasteiger partial charge in [0, 0.05) is 36.8 Å². The van der Waals surface area contributed by atoms with Crippen molar-refractivity contribution in [2.45, 2.75) is 102 Å². The number of carbonyl (C=O) groups excluding carboxylic acids is 3. The van der Waals surface area contributed by atoms with E-state index in [-0.39, 0.29) is 57.7 Å². The van der Waals surface area contributed by atoms with Crippen molar-refractivity contribution in [2.75, 3.05) is 19.6 Å². The Kier molecular flexibility index (Phi) is 19.5. The average Bonchev–Trinajstić information content (AvgIpc) is 4.17. The zero-order chi connectivity index (χ0) is 50.5. The summed E-state index contributed by atoms with van der Waals surface area (Å²) in [4.78, 5) is 60.4. The van der Waals surface area contributed by atoms with Crippen LogP contribution in [0.15, 0.2) is 34.6 Å². The van der Waals surface area contributed by atoms with Gasteiger partial charge in [-0.15, -0.1) is 35.1 Å². The van der Waals surface area contributed by atoms with Crippen molar-refractivity contribution < 1.29 is 60.3 Å². The molecule has 2 aromatic carbocycles. The van der Waals surface area contributed by atoms with E-state index in [1.54, 1.807) is 6.92 Å². The molecule has 2 amide bonds. The summed E-state index contributed by atoms with van der Waals surface area (Å²) in [5.74, 6) is -3.60. The number of nitrogens with zero attached hydrogens (tertiary/aromatic N) is 2. The van der Waals surface area contributed by atoms with Crippen LogP contribution >= 0.6 is 81.5 Å². The maximum Gasteiger partial charge on any atom is 0.346 e. The summed E-state index contributed by atoms with van der Waals surface area (Å²) in [6, 6.07) is 5.91. The van der Waals surface area contributed by atoms with Crippen molar-refractivity contribution in [2.24, 2.45) is 16.0 Å². The molecule has 0 saturated heterocycles. The van der Waals surface area contributed by atoms with Gasteiger partial charge in [0.25, 0.3) is 12.9 Å². The third kappa shape index (κ3) is 13.1.